The van der Waals surface area contributed by atoms with Crippen LogP contribution in [0.2, 0.25) is 0 Å². The van der Waals surface area contributed by atoms with Crippen molar-refractivity contribution in [1.29, 1.82) is 0 Å². The van der Waals surface area contributed by atoms with Crippen molar-refractivity contribution in [2.45, 2.75) is 31.0 Å². The Morgan fingerprint density at radius 2 is 2.04 bits per heavy atom. The molecule has 0 spiro atoms. The van der Waals surface area contributed by atoms with Gasteiger partial charge in [-0.3, -0.25) is 4.79 Å². The number of carboxylic acids is 1. The first-order valence-electron chi connectivity index (χ1n) is 7.13. The highest BCUT2D eigenvalue weighted by atomic mass is 32.2. The second-order valence-electron chi connectivity index (χ2n) is 5.34. The summed E-state index contributed by atoms with van der Waals surface area (Å²) >= 11 is 1.19. The third-order valence-electron chi connectivity index (χ3n) is 3.70. The molecular formula is C16H16N4O2S. The number of rotatable bonds is 4. The fraction of sp³-hybridized carbons (Fsp3) is 0.250. The Hall–Kier alpha value is -2.41. The van der Waals surface area contributed by atoms with Crippen LogP contribution in [0.4, 0.5) is 0 Å². The van der Waals surface area contributed by atoms with Crippen LogP contribution in [0.1, 0.15) is 18.1 Å². The fourth-order valence-electron chi connectivity index (χ4n) is 2.18. The van der Waals surface area contributed by atoms with Gasteiger partial charge in [0.2, 0.25) is 0 Å². The minimum Gasteiger partial charge on any atom is -0.480 e. The van der Waals surface area contributed by atoms with Crippen LogP contribution in [-0.4, -0.2) is 36.1 Å². The van der Waals surface area contributed by atoms with Crippen molar-refractivity contribution in [3.05, 3.63) is 41.9 Å². The number of nitrogens with zero attached hydrogens (tertiary/aromatic N) is 4. The van der Waals surface area contributed by atoms with Gasteiger partial charge < -0.3 is 5.11 Å². The number of aromatic nitrogens is 4. The molecule has 1 aromatic carbocycles. The van der Waals surface area contributed by atoms with Gasteiger partial charge in [-0.05, 0) is 44.0 Å². The molecule has 0 amide bonds. The van der Waals surface area contributed by atoms with Gasteiger partial charge in [0.05, 0.1) is 17.3 Å². The molecule has 1 atom stereocenters. The molecule has 0 fully saturated rings. The van der Waals surface area contributed by atoms with Crippen LogP contribution in [0.15, 0.2) is 35.7 Å². The van der Waals surface area contributed by atoms with Gasteiger partial charge in [0.15, 0.2) is 5.65 Å². The summed E-state index contributed by atoms with van der Waals surface area (Å²) in [6, 6.07) is 6.08. The van der Waals surface area contributed by atoms with Crippen LogP contribution in [0.25, 0.3) is 16.7 Å². The average Bonchev–Trinajstić information content (AvgIpc) is 2.95. The largest absolute Gasteiger partial charge is 0.480 e. The number of hydrogen-bond donors (Lipinski definition) is 1. The number of aryl methyl sites for hydroxylation is 2. The lowest BCUT2D eigenvalue weighted by Gasteiger charge is -2.07. The lowest BCUT2D eigenvalue weighted by atomic mass is 10.1. The Kier molecular flexibility index (Phi) is 4.04. The summed E-state index contributed by atoms with van der Waals surface area (Å²) in [5, 5.41) is 14.3. The van der Waals surface area contributed by atoms with Crippen molar-refractivity contribution in [1.82, 2.24) is 19.7 Å². The summed E-state index contributed by atoms with van der Waals surface area (Å²) in [6.45, 7) is 5.74. The molecule has 0 aliphatic carbocycles. The lowest BCUT2D eigenvalue weighted by Crippen LogP contribution is -2.11. The van der Waals surface area contributed by atoms with E-state index in [0.29, 0.717) is 10.7 Å². The first-order valence-corrected chi connectivity index (χ1v) is 8.01. The highest BCUT2D eigenvalue weighted by Gasteiger charge is 2.18. The number of carboxylic acid groups (broad SMARTS) is 1. The monoisotopic (exact) mass is 328 g/mol. The standard InChI is InChI=1S/C16H16N4O2S/c1-9-4-5-12(6-10(9)2)20-14-13(7-19-20)15(18-8-17-14)23-11(3)16(21)22/h4-8,11H,1-3H3,(H,21,22). The zero-order valence-electron chi connectivity index (χ0n) is 13.0. The maximum Gasteiger partial charge on any atom is 0.316 e. The average molecular weight is 328 g/mol. The molecule has 7 heteroatoms. The Morgan fingerprint density at radius 1 is 1.26 bits per heavy atom. The van der Waals surface area contributed by atoms with Crippen molar-refractivity contribution in [2.24, 2.45) is 0 Å². The molecule has 0 saturated heterocycles. The number of carbonyl (C=O) groups is 1. The van der Waals surface area contributed by atoms with Gasteiger partial charge in [-0.15, -0.1) is 0 Å². The van der Waals surface area contributed by atoms with E-state index in [1.807, 2.05) is 12.1 Å². The van der Waals surface area contributed by atoms with Crippen LogP contribution in [0.5, 0.6) is 0 Å². The molecule has 6 nitrogen and oxygen atoms in total. The molecule has 118 valence electrons. The molecule has 3 aromatic rings. The SMILES string of the molecule is Cc1ccc(-n2ncc3c(SC(C)C(=O)O)ncnc32)cc1C. The Morgan fingerprint density at radius 3 is 2.74 bits per heavy atom. The van der Waals surface area contributed by atoms with E-state index in [1.54, 1.807) is 17.8 Å². The molecule has 2 aromatic heterocycles. The van der Waals surface area contributed by atoms with E-state index >= 15 is 0 Å². The number of aliphatic carboxylic acids is 1. The Balaban J connectivity index is 2.07. The van der Waals surface area contributed by atoms with Gasteiger partial charge in [0.1, 0.15) is 16.6 Å². The molecule has 1 N–H and O–H groups in total. The Bertz CT molecular complexity index is 891. The van der Waals surface area contributed by atoms with E-state index in [1.165, 1.54) is 29.2 Å². The molecule has 0 aliphatic rings. The predicted molar refractivity (Wildman–Crippen MR) is 89.1 cm³/mol. The molecule has 0 radical (unpaired) electrons. The summed E-state index contributed by atoms with van der Waals surface area (Å²) in [7, 11) is 0. The van der Waals surface area contributed by atoms with Crippen molar-refractivity contribution < 1.29 is 9.90 Å². The highest BCUT2D eigenvalue weighted by molar-refractivity contribution is 8.00. The van der Waals surface area contributed by atoms with Gasteiger partial charge in [-0.1, -0.05) is 17.8 Å². The van der Waals surface area contributed by atoms with Gasteiger partial charge in [0.25, 0.3) is 0 Å². The topological polar surface area (TPSA) is 80.9 Å². The second-order valence-corrected chi connectivity index (χ2v) is 6.67. The maximum atomic E-state index is 11.1. The van der Waals surface area contributed by atoms with E-state index in [9.17, 15) is 4.79 Å². The van der Waals surface area contributed by atoms with E-state index in [4.69, 9.17) is 5.11 Å². The number of hydrogen-bond acceptors (Lipinski definition) is 5. The molecule has 2 heterocycles. The predicted octanol–water partition coefficient (Wildman–Crippen LogP) is 3.00. The molecule has 0 saturated carbocycles. The van der Waals surface area contributed by atoms with E-state index < -0.39 is 11.2 Å². The normalized spacial score (nSPS) is 12.5. The second kappa shape index (κ2) is 6.00. The minimum atomic E-state index is -0.872. The number of benzene rings is 1. The molecule has 23 heavy (non-hydrogen) atoms. The Labute approximate surface area is 137 Å². The van der Waals surface area contributed by atoms with Crippen molar-refractivity contribution in [3.8, 4) is 5.69 Å². The smallest absolute Gasteiger partial charge is 0.316 e. The van der Waals surface area contributed by atoms with Gasteiger partial charge in [-0.2, -0.15) is 5.10 Å². The van der Waals surface area contributed by atoms with Gasteiger partial charge in [0, 0.05) is 0 Å². The number of fused-ring (bicyclic) bond motifs is 1. The third-order valence-corrected chi connectivity index (χ3v) is 4.80. The molecule has 3 rings (SSSR count). The maximum absolute atomic E-state index is 11.1. The van der Waals surface area contributed by atoms with Crippen molar-refractivity contribution >= 4 is 28.8 Å². The van der Waals surface area contributed by atoms with Gasteiger partial charge >= 0.3 is 5.97 Å². The summed E-state index contributed by atoms with van der Waals surface area (Å²) < 4.78 is 1.75. The first kappa shape index (κ1) is 15.5. The van der Waals surface area contributed by atoms with E-state index in [-0.39, 0.29) is 0 Å². The minimum absolute atomic E-state index is 0.585. The fourth-order valence-corrected chi connectivity index (χ4v) is 3.00. The summed E-state index contributed by atoms with van der Waals surface area (Å²) in [5.41, 5.74) is 3.98. The van der Waals surface area contributed by atoms with Gasteiger partial charge in [-0.25, -0.2) is 14.6 Å². The molecule has 0 bridgehead atoms. The molecule has 0 aliphatic heterocycles. The van der Waals surface area contributed by atoms with Crippen LogP contribution in [0.3, 0.4) is 0 Å². The van der Waals surface area contributed by atoms with Crippen molar-refractivity contribution in [3.63, 3.8) is 0 Å². The summed E-state index contributed by atoms with van der Waals surface area (Å²) in [5.74, 6) is -0.872. The summed E-state index contributed by atoms with van der Waals surface area (Å²) in [4.78, 5) is 19.6. The van der Waals surface area contributed by atoms with Crippen LogP contribution in [0, 0.1) is 13.8 Å². The van der Waals surface area contributed by atoms with Crippen molar-refractivity contribution in [2.75, 3.05) is 0 Å². The summed E-state index contributed by atoms with van der Waals surface area (Å²) in [6.07, 6.45) is 3.12. The zero-order valence-corrected chi connectivity index (χ0v) is 13.8. The first-order chi connectivity index (χ1) is 11.0. The quantitative estimate of drug-likeness (QED) is 0.586. The third kappa shape index (κ3) is 2.92. The number of thioether (sulfide) groups is 1. The van der Waals surface area contributed by atoms with Crippen LogP contribution in [-0.2, 0) is 4.79 Å². The highest BCUT2D eigenvalue weighted by Crippen LogP contribution is 2.29. The lowest BCUT2D eigenvalue weighted by molar-refractivity contribution is -0.136. The zero-order chi connectivity index (χ0) is 16.6. The molecule has 1 unspecified atom stereocenters. The van der Waals surface area contributed by atoms with E-state index in [0.717, 1.165) is 11.1 Å². The van der Waals surface area contributed by atoms with Crippen LogP contribution < -0.4 is 0 Å². The van der Waals surface area contributed by atoms with Crippen LogP contribution >= 0.6 is 11.8 Å². The van der Waals surface area contributed by atoms with E-state index in [2.05, 4.69) is 35.0 Å². The molecular weight excluding hydrogens is 312 g/mol.